The number of rotatable bonds is 5. The van der Waals surface area contributed by atoms with Gasteiger partial charge < -0.3 is 16.2 Å². The SMILES string of the molecule is NC(N)=NN=Cc1ccccc1COc1c(F)cccc1F. The molecular formula is C15H14F2N4O. The van der Waals surface area contributed by atoms with Gasteiger partial charge in [0.15, 0.2) is 17.4 Å². The Kier molecular flexibility index (Phi) is 5.02. The Labute approximate surface area is 125 Å². The summed E-state index contributed by atoms with van der Waals surface area (Å²) in [5, 5.41) is 7.19. The fourth-order valence-corrected chi connectivity index (χ4v) is 1.72. The van der Waals surface area contributed by atoms with E-state index in [0.29, 0.717) is 11.1 Å². The number of hydrogen-bond acceptors (Lipinski definition) is 3. The van der Waals surface area contributed by atoms with E-state index < -0.39 is 17.4 Å². The molecule has 5 nitrogen and oxygen atoms in total. The number of halogens is 2. The van der Waals surface area contributed by atoms with E-state index in [0.717, 1.165) is 12.1 Å². The lowest BCUT2D eigenvalue weighted by Crippen LogP contribution is -2.21. The molecule has 0 aliphatic carbocycles. The topological polar surface area (TPSA) is 86.0 Å². The molecule has 0 saturated carbocycles. The third-order valence-electron chi connectivity index (χ3n) is 2.72. The number of benzene rings is 2. The zero-order valence-corrected chi connectivity index (χ0v) is 11.5. The maximum absolute atomic E-state index is 13.5. The van der Waals surface area contributed by atoms with Crippen molar-refractivity contribution >= 4 is 12.2 Å². The van der Waals surface area contributed by atoms with E-state index in [1.807, 2.05) is 0 Å². The highest BCUT2D eigenvalue weighted by Gasteiger charge is 2.10. The molecule has 0 heterocycles. The molecule has 0 unspecified atom stereocenters. The molecule has 0 fully saturated rings. The van der Waals surface area contributed by atoms with Gasteiger partial charge in [-0.25, -0.2) is 8.78 Å². The summed E-state index contributed by atoms with van der Waals surface area (Å²) in [6.45, 7) is -0.0259. The van der Waals surface area contributed by atoms with Crippen LogP contribution in [-0.2, 0) is 6.61 Å². The Hall–Kier alpha value is -2.96. The molecule has 0 radical (unpaired) electrons. The minimum Gasteiger partial charge on any atom is -0.483 e. The Morgan fingerprint density at radius 3 is 2.41 bits per heavy atom. The highest BCUT2D eigenvalue weighted by atomic mass is 19.1. The lowest BCUT2D eigenvalue weighted by molar-refractivity contribution is 0.274. The molecule has 4 N–H and O–H groups in total. The predicted octanol–water partition coefficient (Wildman–Crippen LogP) is 2.15. The van der Waals surface area contributed by atoms with Crippen LogP contribution in [0.2, 0.25) is 0 Å². The highest BCUT2D eigenvalue weighted by molar-refractivity contribution is 5.83. The van der Waals surface area contributed by atoms with E-state index in [-0.39, 0.29) is 12.6 Å². The highest BCUT2D eigenvalue weighted by Crippen LogP contribution is 2.22. The average Bonchev–Trinajstić information content (AvgIpc) is 2.48. The van der Waals surface area contributed by atoms with Gasteiger partial charge in [-0.2, -0.15) is 5.10 Å². The fourth-order valence-electron chi connectivity index (χ4n) is 1.72. The summed E-state index contributed by atoms with van der Waals surface area (Å²) in [6, 6.07) is 10.6. The van der Waals surface area contributed by atoms with Crippen LogP contribution in [0.1, 0.15) is 11.1 Å². The number of guanidine groups is 1. The van der Waals surface area contributed by atoms with Crippen LogP contribution < -0.4 is 16.2 Å². The van der Waals surface area contributed by atoms with Gasteiger partial charge in [-0.15, -0.1) is 5.10 Å². The number of hydrogen-bond donors (Lipinski definition) is 2. The van der Waals surface area contributed by atoms with Gasteiger partial charge in [-0.05, 0) is 17.7 Å². The van der Waals surface area contributed by atoms with E-state index in [2.05, 4.69) is 10.2 Å². The van der Waals surface area contributed by atoms with Crippen molar-refractivity contribution in [3.63, 3.8) is 0 Å². The summed E-state index contributed by atoms with van der Waals surface area (Å²) < 4.78 is 32.2. The van der Waals surface area contributed by atoms with E-state index >= 15 is 0 Å². The van der Waals surface area contributed by atoms with Crippen molar-refractivity contribution in [3.05, 3.63) is 65.2 Å². The van der Waals surface area contributed by atoms with Crippen molar-refractivity contribution in [2.45, 2.75) is 6.61 Å². The zero-order chi connectivity index (χ0) is 15.9. The first-order valence-electron chi connectivity index (χ1n) is 6.34. The van der Waals surface area contributed by atoms with Crippen LogP contribution >= 0.6 is 0 Å². The minimum atomic E-state index is -0.758. The number of para-hydroxylation sites is 1. The Bertz CT molecular complexity index is 692. The quantitative estimate of drug-likeness (QED) is 0.504. The molecule has 0 saturated heterocycles. The van der Waals surface area contributed by atoms with Gasteiger partial charge in [-0.1, -0.05) is 30.3 Å². The normalized spacial score (nSPS) is 10.6. The molecule has 0 aliphatic heterocycles. The summed E-state index contributed by atoms with van der Waals surface area (Å²) in [5.41, 5.74) is 11.7. The van der Waals surface area contributed by atoms with Crippen molar-refractivity contribution < 1.29 is 13.5 Å². The van der Waals surface area contributed by atoms with Gasteiger partial charge in [0.2, 0.25) is 5.96 Å². The van der Waals surface area contributed by atoms with Crippen molar-refractivity contribution in [2.75, 3.05) is 0 Å². The third kappa shape index (κ3) is 4.02. The van der Waals surface area contributed by atoms with Crippen LogP contribution in [0.4, 0.5) is 8.78 Å². The Morgan fingerprint density at radius 1 is 1.05 bits per heavy atom. The first-order chi connectivity index (χ1) is 10.6. The molecule has 7 heteroatoms. The summed E-state index contributed by atoms with van der Waals surface area (Å²) in [6.07, 6.45) is 1.43. The molecule has 0 aromatic heterocycles. The first-order valence-corrected chi connectivity index (χ1v) is 6.34. The van der Waals surface area contributed by atoms with E-state index in [9.17, 15) is 8.78 Å². The van der Waals surface area contributed by atoms with E-state index in [4.69, 9.17) is 16.2 Å². The molecule has 22 heavy (non-hydrogen) atoms. The van der Waals surface area contributed by atoms with Gasteiger partial charge in [0.25, 0.3) is 0 Å². The van der Waals surface area contributed by atoms with Gasteiger partial charge in [0.05, 0.1) is 6.21 Å². The smallest absolute Gasteiger partial charge is 0.211 e. The molecule has 0 bridgehead atoms. The van der Waals surface area contributed by atoms with Gasteiger partial charge in [0, 0.05) is 5.56 Å². The van der Waals surface area contributed by atoms with E-state index in [1.165, 1.54) is 12.3 Å². The van der Waals surface area contributed by atoms with Crippen LogP contribution in [0.25, 0.3) is 0 Å². The van der Waals surface area contributed by atoms with Crippen LogP contribution in [-0.4, -0.2) is 12.2 Å². The summed E-state index contributed by atoms with van der Waals surface area (Å²) >= 11 is 0. The fraction of sp³-hybridized carbons (Fsp3) is 0.0667. The monoisotopic (exact) mass is 304 g/mol. The number of ether oxygens (including phenoxy) is 1. The molecule has 2 aromatic carbocycles. The van der Waals surface area contributed by atoms with Crippen molar-refractivity contribution in [1.29, 1.82) is 0 Å². The summed E-state index contributed by atoms with van der Waals surface area (Å²) in [4.78, 5) is 0. The Morgan fingerprint density at radius 2 is 1.73 bits per heavy atom. The van der Waals surface area contributed by atoms with Gasteiger partial charge in [0.1, 0.15) is 6.61 Å². The van der Waals surface area contributed by atoms with E-state index in [1.54, 1.807) is 24.3 Å². The average molecular weight is 304 g/mol. The molecule has 0 amide bonds. The lowest BCUT2D eigenvalue weighted by Gasteiger charge is -2.09. The first kappa shape index (κ1) is 15.4. The second kappa shape index (κ2) is 7.16. The van der Waals surface area contributed by atoms with Crippen LogP contribution in [0.15, 0.2) is 52.7 Å². The van der Waals surface area contributed by atoms with Gasteiger partial charge in [-0.3, -0.25) is 0 Å². The maximum atomic E-state index is 13.5. The lowest BCUT2D eigenvalue weighted by atomic mass is 10.1. The molecule has 0 aliphatic rings. The third-order valence-corrected chi connectivity index (χ3v) is 2.72. The van der Waals surface area contributed by atoms with Crippen LogP contribution in [0.5, 0.6) is 5.75 Å². The standard InChI is InChI=1S/C15H14F2N4O/c16-12-6-3-7-13(17)14(12)22-9-11-5-2-1-4-10(11)8-20-21-15(18)19/h1-8H,9H2,(H4,18,19,21). The largest absolute Gasteiger partial charge is 0.483 e. The maximum Gasteiger partial charge on any atom is 0.211 e. The molecule has 2 rings (SSSR count). The minimum absolute atomic E-state index is 0.0259. The zero-order valence-electron chi connectivity index (χ0n) is 11.5. The summed E-state index contributed by atoms with van der Waals surface area (Å²) in [7, 11) is 0. The Balaban J connectivity index is 2.17. The second-order valence-electron chi connectivity index (χ2n) is 4.31. The van der Waals surface area contributed by atoms with Crippen LogP contribution in [0.3, 0.4) is 0 Å². The molecule has 0 atom stereocenters. The van der Waals surface area contributed by atoms with Crippen molar-refractivity contribution in [1.82, 2.24) is 0 Å². The molecular weight excluding hydrogens is 290 g/mol. The number of nitrogens with two attached hydrogens (primary N) is 2. The van der Waals surface area contributed by atoms with Crippen molar-refractivity contribution in [3.8, 4) is 5.75 Å². The summed E-state index contributed by atoms with van der Waals surface area (Å²) in [5.74, 6) is -2.10. The number of nitrogens with zero attached hydrogens (tertiary/aromatic N) is 2. The molecule has 114 valence electrons. The van der Waals surface area contributed by atoms with Crippen LogP contribution in [0, 0.1) is 11.6 Å². The second-order valence-corrected chi connectivity index (χ2v) is 4.31. The molecule has 0 spiro atoms. The molecule has 2 aromatic rings. The van der Waals surface area contributed by atoms with Crippen molar-refractivity contribution in [2.24, 2.45) is 21.7 Å². The van der Waals surface area contributed by atoms with Gasteiger partial charge >= 0.3 is 0 Å². The predicted molar refractivity (Wildman–Crippen MR) is 80.5 cm³/mol.